The van der Waals surface area contributed by atoms with Crippen LogP contribution in [0.4, 0.5) is 5.82 Å². The summed E-state index contributed by atoms with van der Waals surface area (Å²) in [4.78, 5) is 25.2. The van der Waals surface area contributed by atoms with Crippen LogP contribution < -0.4 is 10.6 Å². The van der Waals surface area contributed by atoms with E-state index in [-0.39, 0.29) is 5.91 Å². The van der Waals surface area contributed by atoms with Crippen LogP contribution in [0.15, 0.2) is 35.7 Å². The molecule has 0 unspecified atom stereocenters. The van der Waals surface area contributed by atoms with Crippen LogP contribution in [0.25, 0.3) is 11.0 Å². The van der Waals surface area contributed by atoms with E-state index in [0.29, 0.717) is 23.9 Å². The number of nitrogens with zero attached hydrogens (tertiary/aromatic N) is 5. The Labute approximate surface area is 155 Å². The molecule has 0 bridgehead atoms. The Balaban J connectivity index is 1.73. The topological polar surface area (TPSA) is 97.6 Å². The molecule has 26 heavy (non-hydrogen) atoms. The predicted molar refractivity (Wildman–Crippen MR) is 102 cm³/mol. The molecule has 0 radical (unpaired) electrons. The van der Waals surface area contributed by atoms with Gasteiger partial charge in [0.15, 0.2) is 10.8 Å². The zero-order chi connectivity index (χ0) is 18.4. The van der Waals surface area contributed by atoms with Crippen molar-refractivity contribution in [2.24, 2.45) is 0 Å². The quantitative estimate of drug-likeness (QED) is 0.463. The Bertz CT molecular complexity index is 881. The molecular weight excluding hydrogens is 350 g/mol. The number of anilines is 1. The van der Waals surface area contributed by atoms with E-state index in [9.17, 15) is 4.79 Å². The van der Waals surface area contributed by atoms with Gasteiger partial charge in [0, 0.05) is 19.3 Å². The fraction of sp³-hybridized carbons (Fsp3) is 0.353. The highest BCUT2D eigenvalue weighted by molar-refractivity contribution is 7.98. The summed E-state index contributed by atoms with van der Waals surface area (Å²) >= 11 is 1.49. The second-order valence-corrected chi connectivity index (χ2v) is 6.33. The molecule has 0 fully saturated rings. The first-order valence-electron chi connectivity index (χ1n) is 8.43. The summed E-state index contributed by atoms with van der Waals surface area (Å²) in [5.41, 5.74) is 1.16. The number of rotatable bonds is 8. The molecule has 0 aliphatic heterocycles. The minimum absolute atomic E-state index is 0.202. The number of thioether (sulfide) groups is 1. The van der Waals surface area contributed by atoms with Gasteiger partial charge in [0.05, 0.1) is 18.1 Å². The van der Waals surface area contributed by atoms with Gasteiger partial charge in [-0.2, -0.15) is 5.10 Å². The lowest BCUT2D eigenvalue weighted by Gasteiger charge is -2.08. The molecule has 1 amide bonds. The summed E-state index contributed by atoms with van der Waals surface area (Å²) in [5.74, 6) is 0.594. The third kappa shape index (κ3) is 4.10. The van der Waals surface area contributed by atoms with E-state index >= 15 is 0 Å². The van der Waals surface area contributed by atoms with Crippen molar-refractivity contribution in [3.05, 3.63) is 36.3 Å². The van der Waals surface area contributed by atoms with Crippen LogP contribution in [0, 0.1) is 0 Å². The monoisotopic (exact) mass is 371 g/mol. The lowest BCUT2D eigenvalue weighted by Crippen LogP contribution is -2.28. The van der Waals surface area contributed by atoms with Gasteiger partial charge in [-0.15, -0.1) is 0 Å². The molecule has 0 atom stereocenters. The third-order valence-corrected chi connectivity index (χ3v) is 4.26. The Morgan fingerprint density at radius 2 is 2.15 bits per heavy atom. The Hall–Kier alpha value is -2.68. The zero-order valence-electron chi connectivity index (χ0n) is 14.8. The van der Waals surface area contributed by atoms with Gasteiger partial charge in [0.1, 0.15) is 11.5 Å². The number of hydrogen-bond donors (Lipinski definition) is 2. The number of aromatic nitrogens is 5. The molecule has 0 saturated heterocycles. The normalized spacial score (nSPS) is 10.8. The minimum atomic E-state index is -0.202. The van der Waals surface area contributed by atoms with Crippen molar-refractivity contribution in [3.63, 3.8) is 0 Å². The molecule has 3 aromatic heterocycles. The van der Waals surface area contributed by atoms with E-state index in [0.717, 1.165) is 29.8 Å². The summed E-state index contributed by atoms with van der Waals surface area (Å²) < 4.78 is 1.78. The summed E-state index contributed by atoms with van der Waals surface area (Å²) in [6, 6.07) is 5.25. The molecule has 3 aromatic rings. The van der Waals surface area contributed by atoms with Gasteiger partial charge in [-0.1, -0.05) is 24.8 Å². The summed E-state index contributed by atoms with van der Waals surface area (Å²) in [6.07, 6.45) is 6.31. The smallest absolute Gasteiger partial charge is 0.269 e. The number of carbonyl (C=O) groups excluding carboxylic acids is 1. The standard InChI is InChI=1S/C17H21N7OS/c1-3-7-19-14-12-11-21-24(15(12)23-17(22-14)26-2)10-9-20-16(25)13-6-4-5-8-18-13/h4-6,8,11H,3,7,9-10H2,1-2H3,(H,20,25)(H,19,22,23). The number of carbonyl (C=O) groups is 1. The van der Waals surface area contributed by atoms with Gasteiger partial charge in [-0.25, -0.2) is 14.6 Å². The molecule has 0 saturated carbocycles. The Morgan fingerprint density at radius 3 is 2.88 bits per heavy atom. The number of nitrogens with one attached hydrogen (secondary N) is 2. The largest absolute Gasteiger partial charge is 0.369 e. The van der Waals surface area contributed by atoms with Gasteiger partial charge >= 0.3 is 0 Å². The average Bonchev–Trinajstić information content (AvgIpc) is 3.09. The highest BCUT2D eigenvalue weighted by Crippen LogP contribution is 2.23. The average molecular weight is 371 g/mol. The fourth-order valence-electron chi connectivity index (χ4n) is 2.43. The van der Waals surface area contributed by atoms with Crippen molar-refractivity contribution >= 4 is 34.5 Å². The molecule has 9 heteroatoms. The van der Waals surface area contributed by atoms with E-state index in [2.05, 4.69) is 37.6 Å². The first kappa shape index (κ1) is 18.1. The molecule has 0 aromatic carbocycles. The zero-order valence-corrected chi connectivity index (χ0v) is 15.6. The van der Waals surface area contributed by atoms with Crippen LogP contribution in [0.1, 0.15) is 23.8 Å². The SMILES string of the molecule is CCCNc1nc(SC)nc2c1cnn2CCNC(=O)c1ccccn1. The van der Waals surface area contributed by atoms with Gasteiger partial charge < -0.3 is 10.6 Å². The maximum absolute atomic E-state index is 12.1. The summed E-state index contributed by atoms with van der Waals surface area (Å²) in [5, 5.41) is 12.2. The Kier molecular flexibility index (Phi) is 6.00. The van der Waals surface area contributed by atoms with Gasteiger partial charge in [0.25, 0.3) is 5.91 Å². The molecule has 3 heterocycles. The number of amides is 1. The van der Waals surface area contributed by atoms with E-state index in [1.54, 1.807) is 35.3 Å². The minimum Gasteiger partial charge on any atom is -0.369 e. The number of hydrogen-bond acceptors (Lipinski definition) is 7. The van der Waals surface area contributed by atoms with Gasteiger partial charge in [-0.05, 0) is 24.8 Å². The molecule has 0 aliphatic rings. The Morgan fingerprint density at radius 1 is 1.27 bits per heavy atom. The highest BCUT2D eigenvalue weighted by Gasteiger charge is 2.13. The van der Waals surface area contributed by atoms with Crippen LogP contribution in [-0.2, 0) is 6.54 Å². The van der Waals surface area contributed by atoms with Crippen molar-refractivity contribution in [1.82, 2.24) is 30.0 Å². The summed E-state index contributed by atoms with van der Waals surface area (Å²) in [7, 11) is 0. The first-order valence-corrected chi connectivity index (χ1v) is 9.66. The van der Waals surface area contributed by atoms with Gasteiger partial charge in [0.2, 0.25) is 0 Å². The number of pyridine rings is 1. The van der Waals surface area contributed by atoms with Crippen molar-refractivity contribution in [2.45, 2.75) is 25.0 Å². The maximum atomic E-state index is 12.1. The van der Waals surface area contributed by atoms with Crippen LogP contribution in [-0.4, -0.2) is 50.0 Å². The fourth-order valence-corrected chi connectivity index (χ4v) is 2.79. The van der Waals surface area contributed by atoms with Crippen molar-refractivity contribution in [3.8, 4) is 0 Å². The second-order valence-electron chi connectivity index (χ2n) is 5.56. The molecule has 0 aliphatic carbocycles. The molecule has 2 N–H and O–H groups in total. The molecule has 136 valence electrons. The lowest BCUT2D eigenvalue weighted by molar-refractivity contribution is 0.0947. The number of fused-ring (bicyclic) bond motifs is 1. The third-order valence-electron chi connectivity index (χ3n) is 3.71. The first-order chi connectivity index (χ1) is 12.7. The van der Waals surface area contributed by atoms with Crippen LogP contribution >= 0.6 is 11.8 Å². The van der Waals surface area contributed by atoms with Crippen molar-refractivity contribution in [1.29, 1.82) is 0 Å². The second kappa shape index (κ2) is 8.61. The molecule has 8 nitrogen and oxygen atoms in total. The van der Waals surface area contributed by atoms with E-state index < -0.39 is 0 Å². The predicted octanol–water partition coefficient (Wildman–Crippen LogP) is 2.20. The molecular formula is C17H21N7OS. The molecule has 3 rings (SSSR count). The van der Waals surface area contributed by atoms with Gasteiger partial charge in [-0.3, -0.25) is 9.78 Å². The van der Waals surface area contributed by atoms with Crippen LogP contribution in [0.3, 0.4) is 0 Å². The maximum Gasteiger partial charge on any atom is 0.269 e. The van der Waals surface area contributed by atoms with Crippen molar-refractivity contribution < 1.29 is 4.79 Å². The van der Waals surface area contributed by atoms with Crippen molar-refractivity contribution in [2.75, 3.05) is 24.7 Å². The van der Waals surface area contributed by atoms with Crippen LogP contribution in [0.2, 0.25) is 0 Å². The van der Waals surface area contributed by atoms with E-state index in [1.807, 2.05) is 6.26 Å². The van der Waals surface area contributed by atoms with E-state index in [4.69, 9.17) is 0 Å². The lowest BCUT2D eigenvalue weighted by atomic mass is 10.3. The summed E-state index contributed by atoms with van der Waals surface area (Å²) in [6.45, 7) is 3.89. The van der Waals surface area contributed by atoms with E-state index in [1.165, 1.54) is 11.8 Å². The molecule has 0 spiro atoms. The van der Waals surface area contributed by atoms with Crippen LogP contribution in [0.5, 0.6) is 0 Å². The highest BCUT2D eigenvalue weighted by atomic mass is 32.2.